The van der Waals surface area contributed by atoms with Crippen LogP contribution in [0.2, 0.25) is 0 Å². The minimum atomic E-state index is -0.850. The quantitative estimate of drug-likeness (QED) is 0.770. The number of hydrogen-bond donors (Lipinski definition) is 1. The summed E-state index contributed by atoms with van der Waals surface area (Å²) in [5.41, 5.74) is -0.850. The predicted octanol–water partition coefficient (Wildman–Crippen LogP) is 1.62. The molecule has 0 saturated heterocycles. The van der Waals surface area contributed by atoms with Crippen LogP contribution in [-0.2, 0) is 0 Å². The highest BCUT2D eigenvalue weighted by atomic mass is 16.5. The fourth-order valence-electron chi connectivity index (χ4n) is 0.742. The lowest BCUT2D eigenvalue weighted by Crippen LogP contribution is -2.38. The number of aliphatic hydroxyl groups is 1. The van der Waals surface area contributed by atoms with E-state index in [2.05, 4.69) is 4.98 Å². The molecular formula is C10H15NO2. The van der Waals surface area contributed by atoms with Crippen LogP contribution in [0.25, 0.3) is 0 Å². The van der Waals surface area contributed by atoms with Crippen LogP contribution in [0.4, 0.5) is 0 Å². The third-order valence-corrected chi connectivity index (χ3v) is 1.93. The Bertz CT molecular complexity index is 253. The second kappa shape index (κ2) is 3.75. The molecule has 1 rings (SSSR count). The summed E-state index contributed by atoms with van der Waals surface area (Å²) in [6.07, 6.45) is 1.38. The second-order valence-corrected chi connectivity index (χ2v) is 3.58. The molecule has 0 aliphatic rings. The summed E-state index contributed by atoms with van der Waals surface area (Å²) < 4.78 is 5.42. The van der Waals surface area contributed by atoms with Crippen molar-refractivity contribution in [2.24, 2.45) is 0 Å². The lowest BCUT2D eigenvalue weighted by molar-refractivity contribution is -0.0259. The molecule has 13 heavy (non-hydrogen) atoms. The summed E-state index contributed by atoms with van der Waals surface area (Å²) in [6.45, 7) is 5.23. The Hall–Kier alpha value is -1.09. The number of ether oxygens (including phenoxy) is 1. The summed E-state index contributed by atoms with van der Waals surface area (Å²) in [5, 5.41) is 9.59. The Morgan fingerprint density at radius 3 is 2.62 bits per heavy atom. The monoisotopic (exact) mass is 181 g/mol. The molecule has 1 aromatic rings. The third kappa shape index (κ3) is 3.03. The number of aromatic nitrogens is 1. The molecule has 1 N–H and O–H groups in total. The molecule has 3 nitrogen and oxygen atoms in total. The molecule has 1 heterocycles. The first kappa shape index (κ1) is 9.99. The van der Waals surface area contributed by atoms with Crippen LogP contribution in [0.1, 0.15) is 20.8 Å². The van der Waals surface area contributed by atoms with Crippen LogP contribution in [0.5, 0.6) is 5.88 Å². The Morgan fingerprint density at radius 1 is 1.46 bits per heavy atom. The van der Waals surface area contributed by atoms with Gasteiger partial charge in [-0.15, -0.1) is 0 Å². The van der Waals surface area contributed by atoms with E-state index in [1.165, 1.54) is 0 Å². The maximum absolute atomic E-state index is 9.59. The van der Waals surface area contributed by atoms with Crippen molar-refractivity contribution in [3.05, 3.63) is 24.4 Å². The van der Waals surface area contributed by atoms with Crippen LogP contribution in [-0.4, -0.2) is 21.8 Å². The summed E-state index contributed by atoms with van der Waals surface area (Å²) in [5.74, 6) is 0.539. The van der Waals surface area contributed by atoms with E-state index in [1.54, 1.807) is 26.1 Å². The van der Waals surface area contributed by atoms with Crippen molar-refractivity contribution in [1.82, 2.24) is 4.98 Å². The molecule has 0 aliphatic heterocycles. The molecule has 0 saturated carbocycles. The molecule has 0 fully saturated rings. The highest BCUT2D eigenvalue weighted by molar-refractivity contribution is 5.10. The van der Waals surface area contributed by atoms with Crippen LogP contribution in [0.3, 0.4) is 0 Å². The summed E-state index contributed by atoms with van der Waals surface area (Å²) in [4.78, 5) is 4.00. The van der Waals surface area contributed by atoms with Gasteiger partial charge in [0.25, 0.3) is 0 Å². The van der Waals surface area contributed by atoms with Gasteiger partial charge in [0.05, 0.1) is 5.60 Å². The maximum atomic E-state index is 9.59. The Labute approximate surface area is 78.4 Å². The molecule has 0 aliphatic carbocycles. The normalized spacial score (nSPS) is 13.8. The van der Waals surface area contributed by atoms with E-state index in [9.17, 15) is 5.11 Å². The van der Waals surface area contributed by atoms with E-state index in [0.29, 0.717) is 5.88 Å². The van der Waals surface area contributed by atoms with E-state index in [1.807, 2.05) is 19.1 Å². The van der Waals surface area contributed by atoms with Gasteiger partial charge in [-0.2, -0.15) is 0 Å². The van der Waals surface area contributed by atoms with Crippen molar-refractivity contribution in [3.63, 3.8) is 0 Å². The second-order valence-electron chi connectivity index (χ2n) is 3.58. The van der Waals surface area contributed by atoms with Gasteiger partial charge in [0.15, 0.2) is 0 Å². The molecule has 0 amide bonds. The zero-order valence-electron chi connectivity index (χ0n) is 8.19. The van der Waals surface area contributed by atoms with Gasteiger partial charge in [0.1, 0.15) is 6.10 Å². The Morgan fingerprint density at radius 2 is 2.15 bits per heavy atom. The van der Waals surface area contributed by atoms with E-state index >= 15 is 0 Å². The van der Waals surface area contributed by atoms with Gasteiger partial charge in [-0.25, -0.2) is 4.98 Å². The number of pyridine rings is 1. The lowest BCUT2D eigenvalue weighted by atomic mass is 10.0. The zero-order valence-corrected chi connectivity index (χ0v) is 8.19. The van der Waals surface area contributed by atoms with Crippen molar-refractivity contribution < 1.29 is 9.84 Å². The molecule has 1 unspecified atom stereocenters. The minimum Gasteiger partial charge on any atom is -0.472 e. The highest BCUT2D eigenvalue weighted by Crippen LogP contribution is 2.15. The molecule has 0 aromatic carbocycles. The van der Waals surface area contributed by atoms with Crippen LogP contribution < -0.4 is 4.74 Å². The highest BCUT2D eigenvalue weighted by Gasteiger charge is 2.24. The molecule has 3 heteroatoms. The lowest BCUT2D eigenvalue weighted by Gasteiger charge is -2.25. The first-order valence-electron chi connectivity index (χ1n) is 4.30. The van der Waals surface area contributed by atoms with Gasteiger partial charge in [0, 0.05) is 12.3 Å². The first-order valence-corrected chi connectivity index (χ1v) is 4.30. The van der Waals surface area contributed by atoms with Gasteiger partial charge in [-0.1, -0.05) is 6.07 Å². The molecule has 0 radical (unpaired) electrons. The first-order chi connectivity index (χ1) is 6.00. The van der Waals surface area contributed by atoms with Crippen molar-refractivity contribution in [3.8, 4) is 5.88 Å². The minimum absolute atomic E-state index is 0.276. The van der Waals surface area contributed by atoms with Gasteiger partial charge in [-0.3, -0.25) is 0 Å². The fraction of sp³-hybridized carbons (Fsp3) is 0.500. The van der Waals surface area contributed by atoms with E-state index in [0.717, 1.165) is 0 Å². The zero-order chi connectivity index (χ0) is 9.90. The van der Waals surface area contributed by atoms with Crippen molar-refractivity contribution >= 4 is 0 Å². The van der Waals surface area contributed by atoms with Gasteiger partial charge >= 0.3 is 0 Å². The van der Waals surface area contributed by atoms with E-state index in [-0.39, 0.29) is 6.10 Å². The molecule has 0 bridgehead atoms. The number of hydrogen-bond acceptors (Lipinski definition) is 3. The molecule has 1 atom stereocenters. The third-order valence-electron chi connectivity index (χ3n) is 1.93. The maximum Gasteiger partial charge on any atom is 0.213 e. The smallest absolute Gasteiger partial charge is 0.213 e. The van der Waals surface area contributed by atoms with Crippen LogP contribution >= 0.6 is 0 Å². The van der Waals surface area contributed by atoms with E-state index < -0.39 is 5.60 Å². The summed E-state index contributed by atoms with van der Waals surface area (Å²) >= 11 is 0. The fourth-order valence-corrected chi connectivity index (χ4v) is 0.742. The average Bonchev–Trinajstić information content (AvgIpc) is 2.04. The topological polar surface area (TPSA) is 42.4 Å². The summed E-state index contributed by atoms with van der Waals surface area (Å²) in [6, 6.07) is 5.43. The van der Waals surface area contributed by atoms with Crippen molar-refractivity contribution in [1.29, 1.82) is 0 Å². The molecular weight excluding hydrogens is 166 g/mol. The van der Waals surface area contributed by atoms with E-state index in [4.69, 9.17) is 4.74 Å². The van der Waals surface area contributed by atoms with Crippen LogP contribution in [0.15, 0.2) is 24.4 Å². The van der Waals surface area contributed by atoms with Crippen LogP contribution in [0, 0.1) is 0 Å². The number of nitrogens with zero attached hydrogens (tertiary/aromatic N) is 1. The SMILES string of the molecule is CC(Oc1ccccn1)C(C)(C)O. The van der Waals surface area contributed by atoms with Gasteiger partial charge in [0.2, 0.25) is 5.88 Å². The van der Waals surface area contributed by atoms with Gasteiger partial charge in [-0.05, 0) is 26.8 Å². The average molecular weight is 181 g/mol. The largest absolute Gasteiger partial charge is 0.472 e. The van der Waals surface area contributed by atoms with Gasteiger partial charge < -0.3 is 9.84 Å². The summed E-state index contributed by atoms with van der Waals surface area (Å²) in [7, 11) is 0. The standard InChI is InChI=1S/C10H15NO2/c1-8(10(2,3)12)13-9-6-4-5-7-11-9/h4-8,12H,1-3H3. The molecule has 0 spiro atoms. The molecule has 72 valence electrons. The van der Waals surface area contributed by atoms with Crippen molar-refractivity contribution in [2.75, 3.05) is 0 Å². The Balaban J connectivity index is 2.61. The Kier molecular flexibility index (Phi) is 2.88. The van der Waals surface area contributed by atoms with Crippen molar-refractivity contribution in [2.45, 2.75) is 32.5 Å². The number of rotatable bonds is 3. The molecule has 1 aromatic heterocycles. The predicted molar refractivity (Wildman–Crippen MR) is 50.6 cm³/mol.